The summed E-state index contributed by atoms with van der Waals surface area (Å²) in [5, 5.41) is 3.24. The molecule has 1 heterocycles. The molecule has 0 aliphatic carbocycles. The predicted molar refractivity (Wildman–Crippen MR) is 68.4 cm³/mol. The lowest BCUT2D eigenvalue weighted by molar-refractivity contribution is -0.0505. The van der Waals surface area contributed by atoms with E-state index in [1.807, 2.05) is 6.07 Å². The van der Waals surface area contributed by atoms with Crippen LogP contribution in [0.2, 0.25) is 0 Å². The number of benzene rings is 1. The number of hydrogen-bond donors (Lipinski definition) is 1. The Morgan fingerprint density at radius 3 is 2.89 bits per heavy atom. The quantitative estimate of drug-likeness (QED) is 0.863. The van der Waals surface area contributed by atoms with Crippen LogP contribution in [-0.4, -0.2) is 25.9 Å². The molecule has 0 aromatic heterocycles. The summed E-state index contributed by atoms with van der Waals surface area (Å²) < 4.78 is 34.6. The molecule has 1 fully saturated rings. The first-order valence-electron chi connectivity index (χ1n) is 6.61. The Balaban J connectivity index is 1.81. The first-order valence-corrected chi connectivity index (χ1v) is 6.61. The zero-order valence-corrected chi connectivity index (χ0v) is 10.8. The third-order valence-corrected chi connectivity index (χ3v) is 3.15. The van der Waals surface area contributed by atoms with E-state index in [1.165, 1.54) is 6.42 Å². The largest absolute Gasteiger partial charge is 0.434 e. The van der Waals surface area contributed by atoms with Gasteiger partial charge in [0.05, 0.1) is 6.10 Å². The molecule has 3 nitrogen and oxygen atoms in total. The maximum absolute atomic E-state index is 12.3. The van der Waals surface area contributed by atoms with Crippen molar-refractivity contribution in [3.05, 3.63) is 29.8 Å². The molecule has 1 unspecified atom stereocenters. The zero-order chi connectivity index (χ0) is 13.5. The molecule has 1 atom stereocenters. The lowest BCUT2D eigenvalue weighted by Crippen LogP contribution is -2.31. The van der Waals surface area contributed by atoms with Crippen LogP contribution in [0.4, 0.5) is 8.78 Å². The van der Waals surface area contributed by atoms with Gasteiger partial charge in [-0.3, -0.25) is 0 Å². The van der Waals surface area contributed by atoms with Gasteiger partial charge >= 0.3 is 6.61 Å². The molecule has 5 heteroatoms. The van der Waals surface area contributed by atoms with E-state index < -0.39 is 6.61 Å². The van der Waals surface area contributed by atoms with Crippen molar-refractivity contribution in [2.75, 3.05) is 13.2 Å². The van der Waals surface area contributed by atoms with Crippen molar-refractivity contribution in [3.8, 4) is 5.75 Å². The summed E-state index contributed by atoms with van der Waals surface area (Å²) in [6.07, 6.45) is 3.61. The lowest BCUT2D eigenvalue weighted by Gasteiger charge is -2.23. The van der Waals surface area contributed by atoms with E-state index in [9.17, 15) is 8.78 Å². The standard InChI is InChI=1S/C14H19F2NO2/c15-14(16)19-13-7-2-1-5-11(13)9-17-10-12-6-3-4-8-18-12/h1-2,5,7,12,14,17H,3-4,6,8-10H2. The number of rotatable bonds is 6. The normalized spacial score (nSPS) is 19.6. The number of nitrogens with one attached hydrogen (secondary N) is 1. The summed E-state index contributed by atoms with van der Waals surface area (Å²) >= 11 is 0. The van der Waals surface area contributed by atoms with Gasteiger partial charge in [-0.05, 0) is 25.3 Å². The Hall–Kier alpha value is -1.20. The van der Waals surface area contributed by atoms with Gasteiger partial charge in [-0.25, -0.2) is 0 Å². The topological polar surface area (TPSA) is 30.5 Å². The van der Waals surface area contributed by atoms with Gasteiger partial charge in [0.2, 0.25) is 0 Å². The van der Waals surface area contributed by atoms with Crippen LogP contribution < -0.4 is 10.1 Å². The average molecular weight is 271 g/mol. The van der Waals surface area contributed by atoms with E-state index in [-0.39, 0.29) is 11.9 Å². The third-order valence-electron chi connectivity index (χ3n) is 3.15. The van der Waals surface area contributed by atoms with Crippen LogP contribution in [0.3, 0.4) is 0 Å². The maximum Gasteiger partial charge on any atom is 0.387 e. The Bertz CT molecular complexity index is 381. The molecule has 1 N–H and O–H groups in total. The zero-order valence-electron chi connectivity index (χ0n) is 10.8. The van der Waals surface area contributed by atoms with Crippen molar-refractivity contribution in [2.24, 2.45) is 0 Å². The molecule has 1 aromatic rings. The van der Waals surface area contributed by atoms with Crippen molar-refractivity contribution >= 4 is 0 Å². The number of para-hydroxylation sites is 1. The Labute approximate surface area is 111 Å². The summed E-state index contributed by atoms with van der Waals surface area (Å²) in [4.78, 5) is 0. The molecule has 106 valence electrons. The van der Waals surface area contributed by atoms with Crippen LogP contribution in [0.15, 0.2) is 24.3 Å². The fourth-order valence-corrected chi connectivity index (χ4v) is 2.20. The molecule has 1 aliphatic rings. The SMILES string of the molecule is FC(F)Oc1ccccc1CNCC1CCCCO1. The summed E-state index contributed by atoms with van der Waals surface area (Å²) in [7, 11) is 0. The molecule has 1 aliphatic heterocycles. The van der Waals surface area contributed by atoms with Crippen molar-refractivity contribution in [3.63, 3.8) is 0 Å². The summed E-state index contributed by atoms with van der Waals surface area (Å²) in [6.45, 7) is -0.730. The highest BCUT2D eigenvalue weighted by molar-refractivity contribution is 5.33. The second-order valence-corrected chi connectivity index (χ2v) is 4.61. The molecule has 19 heavy (non-hydrogen) atoms. The minimum absolute atomic E-state index is 0.231. The molecule has 1 saturated heterocycles. The third kappa shape index (κ3) is 4.76. The molecule has 2 rings (SSSR count). The van der Waals surface area contributed by atoms with Crippen molar-refractivity contribution in [2.45, 2.75) is 38.5 Å². The smallest absolute Gasteiger partial charge is 0.387 e. The summed E-state index contributed by atoms with van der Waals surface area (Å²) in [5.41, 5.74) is 0.735. The van der Waals surface area contributed by atoms with Crippen molar-refractivity contribution in [1.82, 2.24) is 5.32 Å². The summed E-state index contributed by atoms with van der Waals surface area (Å²) in [6, 6.07) is 6.84. The predicted octanol–water partition coefficient (Wildman–Crippen LogP) is 2.95. The highest BCUT2D eigenvalue weighted by atomic mass is 19.3. The van der Waals surface area contributed by atoms with Crippen LogP contribution in [0.25, 0.3) is 0 Å². The Kier molecular flexibility index (Phi) is 5.54. The second-order valence-electron chi connectivity index (χ2n) is 4.61. The monoisotopic (exact) mass is 271 g/mol. The number of halogens is 2. The van der Waals surface area contributed by atoms with Gasteiger partial charge < -0.3 is 14.8 Å². The van der Waals surface area contributed by atoms with E-state index in [0.717, 1.165) is 31.6 Å². The van der Waals surface area contributed by atoms with E-state index in [2.05, 4.69) is 10.1 Å². The lowest BCUT2D eigenvalue weighted by atomic mass is 10.1. The van der Waals surface area contributed by atoms with Crippen LogP contribution in [0, 0.1) is 0 Å². The number of alkyl halides is 2. The minimum atomic E-state index is -2.79. The van der Waals surface area contributed by atoms with Crippen LogP contribution in [0.5, 0.6) is 5.75 Å². The summed E-state index contributed by atoms with van der Waals surface area (Å²) in [5.74, 6) is 0.231. The van der Waals surface area contributed by atoms with Gasteiger partial charge in [0, 0.05) is 25.3 Å². The van der Waals surface area contributed by atoms with E-state index in [1.54, 1.807) is 18.2 Å². The van der Waals surface area contributed by atoms with Crippen LogP contribution in [-0.2, 0) is 11.3 Å². The molecule has 0 saturated carbocycles. The first-order chi connectivity index (χ1) is 9.25. The van der Waals surface area contributed by atoms with Gasteiger partial charge in [0.15, 0.2) is 0 Å². The number of hydrogen-bond acceptors (Lipinski definition) is 3. The Morgan fingerprint density at radius 2 is 2.16 bits per heavy atom. The van der Waals surface area contributed by atoms with Crippen LogP contribution in [0.1, 0.15) is 24.8 Å². The second kappa shape index (κ2) is 7.40. The van der Waals surface area contributed by atoms with E-state index in [4.69, 9.17) is 4.74 Å². The van der Waals surface area contributed by atoms with Gasteiger partial charge in [-0.1, -0.05) is 18.2 Å². The minimum Gasteiger partial charge on any atom is -0.434 e. The molecule has 0 spiro atoms. The van der Waals surface area contributed by atoms with Gasteiger partial charge in [0.25, 0.3) is 0 Å². The molecule has 0 bridgehead atoms. The number of ether oxygens (including phenoxy) is 2. The Morgan fingerprint density at radius 1 is 1.32 bits per heavy atom. The molecular formula is C14H19F2NO2. The van der Waals surface area contributed by atoms with Crippen molar-refractivity contribution in [1.29, 1.82) is 0 Å². The van der Waals surface area contributed by atoms with Crippen LogP contribution >= 0.6 is 0 Å². The van der Waals surface area contributed by atoms with Crippen molar-refractivity contribution < 1.29 is 18.3 Å². The highest BCUT2D eigenvalue weighted by Gasteiger charge is 2.14. The molecular weight excluding hydrogens is 252 g/mol. The van der Waals surface area contributed by atoms with E-state index >= 15 is 0 Å². The molecule has 0 radical (unpaired) electrons. The van der Waals surface area contributed by atoms with Gasteiger partial charge in [0.1, 0.15) is 5.75 Å². The first kappa shape index (κ1) is 14.2. The average Bonchev–Trinajstić information content (AvgIpc) is 2.41. The van der Waals surface area contributed by atoms with E-state index in [0.29, 0.717) is 6.54 Å². The fourth-order valence-electron chi connectivity index (χ4n) is 2.20. The van der Waals surface area contributed by atoms with Gasteiger partial charge in [-0.15, -0.1) is 0 Å². The maximum atomic E-state index is 12.3. The fraction of sp³-hybridized carbons (Fsp3) is 0.571. The highest BCUT2D eigenvalue weighted by Crippen LogP contribution is 2.20. The molecule has 0 amide bonds. The molecule has 1 aromatic carbocycles. The van der Waals surface area contributed by atoms with Gasteiger partial charge in [-0.2, -0.15) is 8.78 Å².